The van der Waals surface area contributed by atoms with Crippen molar-refractivity contribution in [3.8, 4) is 0 Å². The molecule has 0 radical (unpaired) electrons. The zero-order valence-corrected chi connectivity index (χ0v) is 19.0. The summed E-state index contributed by atoms with van der Waals surface area (Å²) in [5, 5.41) is 14.4. The highest BCUT2D eigenvalue weighted by Gasteiger charge is 2.56. The number of nitro benzene ring substituents is 1. The third-order valence-electron chi connectivity index (χ3n) is 5.26. The number of benzene rings is 1. The van der Waals surface area contributed by atoms with Crippen LogP contribution < -0.4 is 5.32 Å². The Kier molecular flexibility index (Phi) is 6.38. The molecule has 10 nitrogen and oxygen atoms in total. The van der Waals surface area contributed by atoms with Gasteiger partial charge >= 0.3 is 5.97 Å². The van der Waals surface area contributed by atoms with E-state index < -0.39 is 39.0 Å². The summed E-state index contributed by atoms with van der Waals surface area (Å²) in [6, 6.07) is 8.21. The number of nitrogens with zero attached hydrogens (tertiary/aromatic N) is 2. The van der Waals surface area contributed by atoms with E-state index in [1.165, 1.54) is 35.6 Å². The summed E-state index contributed by atoms with van der Waals surface area (Å²) >= 11 is 1.42. The number of ether oxygens (including phenoxy) is 1. The molecule has 1 fully saturated rings. The molecule has 0 saturated carbocycles. The van der Waals surface area contributed by atoms with E-state index in [1.807, 2.05) is 17.5 Å². The lowest BCUT2D eigenvalue weighted by Crippen LogP contribution is -2.73. The van der Waals surface area contributed by atoms with Gasteiger partial charge in [0.25, 0.3) is 11.6 Å². The maximum atomic E-state index is 12.8. The maximum Gasteiger partial charge on any atom is 0.355 e. The van der Waals surface area contributed by atoms with Crippen molar-refractivity contribution in [1.29, 1.82) is 0 Å². The second kappa shape index (κ2) is 9.24. The smallest absolute Gasteiger partial charge is 0.355 e. The van der Waals surface area contributed by atoms with Crippen LogP contribution in [0.3, 0.4) is 0 Å². The molecule has 0 aliphatic carbocycles. The number of β-lactam (4-membered cyclic amide) rings is 1. The molecule has 0 spiro atoms. The summed E-state index contributed by atoms with van der Waals surface area (Å²) in [5.41, 5.74) is 0.932. The number of esters is 1. The second-order valence-electron chi connectivity index (χ2n) is 7.55. The van der Waals surface area contributed by atoms with Gasteiger partial charge in [-0.15, -0.1) is 11.3 Å². The fourth-order valence-corrected chi connectivity index (χ4v) is 6.05. The van der Waals surface area contributed by atoms with Gasteiger partial charge in [-0.05, 0) is 41.6 Å². The molecule has 1 aromatic heterocycles. The van der Waals surface area contributed by atoms with E-state index in [4.69, 9.17) is 4.74 Å². The number of thiophene rings is 1. The molecule has 2 unspecified atom stereocenters. The molecule has 2 aliphatic rings. The first-order chi connectivity index (χ1) is 15.8. The van der Waals surface area contributed by atoms with Crippen molar-refractivity contribution in [3.05, 3.63) is 73.6 Å². The highest BCUT2D eigenvalue weighted by Crippen LogP contribution is 2.35. The molecule has 1 N–H and O–H groups in total. The van der Waals surface area contributed by atoms with Crippen molar-refractivity contribution in [2.75, 3.05) is 5.75 Å². The topological polar surface area (TPSA) is 136 Å². The number of carbonyl (C=O) groups is 3. The summed E-state index contributed by atoms with van der Waals surface area (Å²) < 4.78 is 18.0. The highest BCUT2D eigenvalue weighted by atomic mass is 32.2. The number of hydrogen-bond donors (Lipinski definition) is 1. The molecule has 12 heteroatoms. The van der Waals surface area contributed by atoms with E-state index >= 15 is 0 Å². The Morgan fingerprint density at radius 2 is 2.03 bits per heavy atom. The van der Waals surface area contributed by atoms with E-state index in [-0.39, 0.29) is 36.1 Å². The predicted molar refractivity (Wildman–Crippen MR) is 119 cm³/mol. The summed E-state index contributed by atoms with van der Waals surface area (Å²) in [6.07, 6.45) is 0.111. The normalized spacial score (nSPS) is 21.8. The molecule has 172 valence electrons. The Balaban J connectivity index is 1.42. The molecule has 33 heavy (non-hydrogen) atoms. The van der Waals surface area contributed by atoms with Crippen LogP contribution >= 0.6 is 11.3 Å². The van der Waals surface area contributed by atoms with E-state index in [9.17, 15) is 28.7 Å². The van der Waals surface area contributed by atoms with Crippen LogP contribution in [0.1, 0.15) is 17.4 Å². The van der Waals surface area contributed by atoms with Gasteiger partial charge in [-0.3, -0.25) is 28.8 Å². The largest absolute Gasteiger partial charge is 0.456 e. The molecular formula is C21H19N3O7S2. The van der Waals surface area contributed by atoms with Gasteiger partial charge < -0.3 is 10.1 Å². The molecular weight excluding hydrogens is 470 g/mol. The van der Waals surface area contributed by atoms with Crippen LogP contribution in [-0.2, 0) is 42.9 Å². The van der Waals surface area contributed by atoms with Crippen LogP contribution in [0.2, 0.25) is 0 Å². The quantitative estimate of drug-likeness (QED) is 0.270. The van der Waals surface area contributed by atoms with Crippen LogP contribution in [0.4, 0.5) is 5.69 Å². The Bertz CT molecular complexity index is 1170. The van der Waals surface area contributed by atoms with Crippen LogP contribution in [0.25, 0.3) is 0 Å². The first-order valence-electron chi connectivity index (χ1n) is 9.88. The molecule has 2 aliphatic heterocycles. The van der Waals surface area contributed by atoms with Crippen LogP contribution in [0.15, 0.2) is 53.0 Å². The first-order valence-corrected chi connectivity index (χ1v) is 12.1. The van der Waals surface area contributed by atoms with Gasteiger partial charge in [0.05, 0.1) is 22.1 Å². The maximum absolute atomic E-state index is 12.8. The second-order valence-corrected chi connectivity index (χ2v) is 10.1. The van der Waals surface area contributed by atoms with Crippen LogP contribution in [0.5, 0.6) is 0 Å². The Morgan fingerprint density at radius 3 is 2.67 bits per heavy atom. The molecule has 1 saturated heterocycles. The monoisotopic (exact) mass is 489 g/mol. The number of nitrogens with one attached hydrogen (secondary N) is 1. The zero-order valence-electron chi connectivity index (χ0n) is 17.4. The van der Waals surface area contributed by atoms with E-state index in [2.05, 4.69) is 5.32 Å². The van der Waals surface area contributed by atoms with Crippen LogP contribution in [-0.4, -0.2) is 49.0 Å². The minimum absolute atomic E-state index is 0.0234. The number of amides is 2. The molecule has 4 rings (SSSR count). The third kappa shape index (κ3) is 4.57. The fourth-order valence-electron chi connectivity index (χ4n) is 3.68. The van der Waals surface area contributed by atoms with Crippen molar-refractivity contribution in [2.24, 2.45) is 0 Å². The lowest BCUT2D eigenvalue weighted by atomic mass is 10.0. The molecule has 3 atom stereocenters. The van der Waals surface area contributed by atoms with Crippen molar-refractivity contribution < 1.29 is 28.3 Å². The Hall–Kier alpha value is -3.38. The SMILES string of the molecule is CC1=C(C(=O)OCc2ccc([N+](=O)[O-])cc2)N2C(=O)C(NC(=O)Cc3cccs3)[C@@H]2S(=O)C1. The summed E-state index contributed by atoms with van der Waals surface area (Å²) in [5.74, 6) is -1.56. The fraction of sp³-hybridized carbons (Fsp3) is 0.286. The van der Waals surface area contributed by atoms with Gasteiger partial charge in [0, 0.05) is 22.8 Å². The van der Waals surface area contributed by atoms with Crippen molar-refractivity contribution in [2.45, 2.75) is 31.4 Å². The van der Waals surface area contributed by atoms with Gasteiger partial charge in [-0.2, -0.15) is 0 Å². The van der Waals surface area contributed by atoms with E-state index in [1.54, 1.807) is 6.92 Å². The number of carbonyl (C=O) groups excluding carboxylic acids is 3. The third-order valence-corrected chi connectivity index (χ3v) is 7.87. The van der Waals surface area contributed by atoms with Crippen molar-refractivity contribution >= 4 is 45.6 Å². The van der Waals surface area contributed by atoms with Crippen molar-refractivity contribution in [1.82, 2.24) is 10.2 Å². The lowest BCUT2D eigenvalue weighted by molar-refractivity contribution is -0.384. The summed E-state index contributed by atoms with van der Waals surface area (Å²) in [4.78, 5) is 50.1. The number of rotatable bonds is 7. The van der Waals surface area contributed by atoms with Crippen molar-refractivity contribution in [3.63, 3.8) is 0 Å². The van der Waals surface area contributed by atoms with Gasteiger partial charge in [0.15, 0.2) is 0 Å². The minimum atomic E-state index is -1.49. The van der Waals surface area contributed by atoms with Crippen LogP contribution in [0, 0.1) is 10.1 Å². The highest BCUT2D eigenvalue weighted by molar-refractivity contribution is 7.86. The number of fused-ring (bicyclic) bond motifs is 1. The van der Waals surface area contributed by atoms with Gasteiger partial charge in [-0.25, -0.2) is 4.79 Å². The average Bonchev–Trinajstić information content (AvgIpc) is 3.28. The molecule has 2 amide bonds. The number of non-ortho nitro benzene ring substituents is 1. The molecule has 0 bridgehead atoms. The Morgan fingerprint density at radius 1 is 1.30 bits per heavy atom. The van der Waals surface area contributed by atoms with Gasteiger partial charge in [0.2, 0.25) is 5.91 Å². The van der Waals surface area contributed by atoms with E-state index in [0.717, 1.165) is 9.78 Å². The number of hydrogen-bond acceptors (Lipinski definition) is 8. The predicted octanol–water partition coefficient (Wildman–Crippen LogP) is 1.63. The first kappa shape index (κ1) is 22.8. The average molecular weight is 490 g/mol. The van der Waals surface area contributed by atoms with Gasteiger partial charge in [0.1, 0.15) is 23.7 Å². The lowest BCUT2D eigenvalue weighted by Gasteiger charge is -2.49. The van der Waals surface area contributed by atoms with Gasteiger partial charge in [-0.1, -0.05) is 6.07 Å². The van der Waals surface area contributed by atoms with E-state index in [0.29, 0.717) is 11.1 Å². The number of nitro groups is 1. The minimum Gasteiger partial charge on any atom is -0.456 e. The standard InChI is InChI=1S/C21H19N3O7S2/c1-12-11-33(30)20-17(22-16(25)9-15-3-2-8-32-15)19(26)23(20)18(12)21(27)31-10-13-4-6-14(7-5-13)24(28)29/h2-8,17,20H,9-11H2,1H3,(H,22,25)/t17?,20-,33?/m0/s1. The summed E-state index contributed by atoms with van der Waals surface area (Å²) in [6.45, 7) is 1.46. The Labute approximate surface area is 194 Å². The summed E-state index contributed by atoms with van der Waals surface area (Å²) in [7, 11) is -1.49. The molecule has 2 aromatic rings. The molecule has 3 heterocycles. The molecule has 1 aromatic carbocycles. The zero-order chi connectivity index (χ0) is 23.7.